The molecule has 1 rings (SSSR count). The molecule has 16 heavy (non-hydrogen) atoms. The second-order valence-corrected chi connectivity index (χ2v) is 4.60. The summed E-state index contributed by atoms with van der Waals surface area (Å²) in [5, 5.41) is 3.61. The van der Waals surface area contributed by atoms with Crippen LogP contribution in [-0.2, 0) is 4.74 Å². The molecule has 2 atom stereocenters. The molecule has 2 nitrogen and oxygen atoms in total. The van der Waals surface area contributed by atoms with Crippen LogP contribution < -0.4 is 5.32 Å². The van der Waals surface area contributed by atoms with Crippen LogP contribution >= 0.6 is 0 Å². The Kier molecular flexibility index (Phi) is 5.50. The maximum absolute atomic E-state index is 5.24. The van der Waals surface area contributed by atoms with Crippen molar-refractivity contribution < 1.29 is 4.74 Å². The van der Waals surface area contributed by atoms with E-state index in [1.807, 2.05) is 6.07 Å². The van der Waals surface area contributed by atoms with Gasteiger partial charge in [-0.2, -0.15) is 0 Å². The zero-order chi connectivity index (χ0) is 12.0. The van der Waals surface area contributed by atoms with Gasteiger partial charge < -0.3 is 10.1 Å². The van der Waals surface area contributed by atoms with Crippen LogP contribution in [0.2, 0.25) is 0 Å². The van der Waals surface area contributed by atoms with Gasteiger partial charge in [0.15, 0.2) is 0 Å². The molecule has 2 heteroatoms. The molecular formula is C14H23NO. The van der Waals surface area contributed by atoms with Crippen LogP contribution in [0.4, 0.5) is 0 Å². The zero-order valence-electron chi connectivity index (χ0n) is 10.7. The van der Waals surface area contributed by atoms with Crippen LogP contribution in [0.25, 0.3) is 0 Å². The van der Waals surface area contributed by atoms with Crippen molar-refractivity contribution in [2.75, 3.05) is 13.7 Å². The van der Waals surface area contributed by atoms with Gasteiger partial charge in [-0.3, -0.25) is 0 Å². The van der Waals surface area contributed by atoms with Gasteiger partial charge in [0.2, 0.25) is 0 Å². The average molecular weight is 221 g/mol. The minimum Gasteiger partial charge on any atom is -0.383 e. The van der Waals surface area contributed by atoms with Crippen LogP contribution in [0.15, 0.2) is 30.3 Å². The molecule has 0 radical (unpaired) electrons. The molecular weight excluding hydrogens is 198 g/mol. The lowest BCUT2D eigenvalue weighted by Crippen LogP contribution is -2.39. The van der Waals surface area contributed by atoms with Crippen LogP contribution in [-0.4, -0.2) is 19.8 Å². The zero-order valence-corrected chi connectivity index (χ0v) is 10.7. The molecule has 0 aliphatic carbocycles. The van der Waals surface area contributed by atoms with Gasteiger partial charge in [-0.05, 0) is 18.4 Å². The van der Waals surface area contributed by atoms with Crippen molar-refractivity contribution in [3.8, 4) is 0 Å². The van der Waals surface area contributed by atoms with Crippen molar-refractivity contribution in [1.82, 2.24) is 5.32 Å². The average Bonchev–Trinajstić information content (AvgIpc) is 2.29. The minimum absolute atomic E-state index is 0.365. The van der Waals surface area contributed by atoms with E-state index in [9.17, 15) is 0 Å². The Morgan fingerprint density at radius 3 is 2.25 bits per heavy atom. The normalized spacial score (nSPS) is 15.1. The van der Waals surface area contributed by atoms with Crippen molar-refractivity contribution in [2.24, 2.45) is 5.92 Å². The monoisotopic (exact) mass is 221 g/mol. The number of hydrogen-bond acceptors (Lipinski definition) is 2. The van der Waals surface area contributed by atoms with E-state index >= 15 is 0 Å². The largest absolute Gasteiger partial charge is 0.383 e. The molecule has 0 aromatic heterocycles. The topological polar surface area (TPSA) is 21.3 Å². The summed E-state index contributed by atoms with van der Waals surface area (Å²) in [6.07, 6.45) is 0. The predicted molar refractivity (Wildman–Crippen MR) is 68.5 cm³/mol. The number of hydrogen-bond donors (Lipinski definition) is 1. The van der Waals surface area contributed by atoms with Gasteiger partial charge in [0.05, 0.1) is 6.61 Å². The van der Waals surface area contributed by atoms with Crippen molar-refractivity contribution in [1.29, 1.82) is 0 Å². The summed E-state index contributed by atoms with van der Waals surface area (Å²) in [6, 6.07) is 11.3. The second-order valence-electron chi connectivity index (χ2n) is 4.60. The molecule has 0 saturated heterocycles. The van der Waals surface area contributed by atoms with E-state index in [2.05, 4.69) is 50.4 Å². The third-order valence-corrected chi connectivity index (χ3v) is 2.91. The van der Waals surface area contributed by atoms with Crippen molar-refractivity contribution >= 4 is 0 Å². The van der Waals surface area contributed by atoms with E-state index < -0.39 is 0 Å². The quantitative estimate of drug-likeness (QED) is 0.797. The van der Waals surface area contributed by atoms with E-state index in [4.69, 9.17) is 4.74 Å². The molecule has 0 fully saturated rings. The predicted octanol–water partition coefficient (Wildman–Crippen LogP) is 3.01. The molecule has 0 aliphatic heterocycles. The van der Waals surface area contributed by atoms with Gasteiger partial charge in [-0.25, -0.2) is 0 Å². The minimum atomic E-state index is 0.365. The van der Waals surface area contributed by atoms with Crippen LogP contribution in [0.1, 0.15) is 32.4 Å². The third kappa shape index (κ3) is 3.95. The van der Waals surface area contributed by atoms with E-state index in [0.29, 0.717) is 18.0 Å². The Bertz CT molecular complexity index is 284. The Morgan fingerprint density at radius 1 is 1.12 bits per heavy atom. The highest BCUT2D eigenvalue weighted by Gasteiger charge is 2.16. The molecule has 90 valence electrons. The SMILES string of the molecule is COCC(NC(C)c1ccccc1)C(C)C. The standard InChI is InChI=1S/C14H23NO/c1-11(2)14(10-16-4)15-12(3)13-8-6-5-7-9-13/h5-9,11-12,14-15H,10H2,1-4H3. The first-order valence-electron chi connectivity index (χ1n) is 5.95. The Labute approximate surface area is 99.0 Å². The van der Waals surface area contributed by atoms with Crippen LogP contribution in [0.5, 0.6) is 0 Å². The van der Waals surface area contributed by atoms with Crippen molar-refractivity contribution in [2.45, 2.75) is 32.9 Å². The lowest BCUT2D eigenvalue weighted by molar-refractivity contribution is 0.141. The highest BCUT2D eigenvalue weighted by Crippen LogP contribution is 2.14. The molecule has 0 bridgehead atoms. The van der Waals surface area contributed by atoms with E-state index in [1.165, 1.54) is 5.56 Å². The second kappa shape index (κ2) is 6.66. The van der Waals surface area contributed by atoms with Gasteiger partial charge in [0.1, 0.15) is 0 Å². The molecule has 1 aromatic carbocycles. The van der Waals surface area contributed by atoms with Gasteiger partial charge in [-0.1, -0.05) is 44.2 Å². The van der Waals surface area contributed by atoms with Gasteiger partial charge >= 0.3 is 0 Å². The number of rotatable bonds is 6. The summed E-state index contributed by atoms with van der Waals surface area (Å²) in [6.45, 7) is 7.39. The third-order valence-electron chi connectivity index (χ3n) is 2.91. The molecule has 0 amide bonds. The van der Waals surface area contributed by atoms with E-state index in [0.717, 1.165) is 6.61 Å². The van der Waals surface area contributed by atoms with Crippen LogP contribution in [0, 0.1) is 5.92 Å². The first-order chi connectivity index (χ1) is 7.65. The molecule has 0 saturated carbocycles. The molecule has 0 aliphatic rings. The number of methoxy groups -OCH3 is 1. The number of nitrogens with one attached hydrogen (secondary N) is 1. The number of ether oxygens (including phenoxy) is 1. The Hall–Kier alpha value is -0.860. The molecule has 2 unspecified atom stereocenters. The maximum atomic E-state index is 5.24. The van der Waals surface area contributed by atoms with Crippen LogP contribution in [0.3, 0.4) is 0 Å². The van der Waals surface area contributed by atoms with Crippen molar-refractivity contribution in [3.63, 3.8) is 0 Å². The lowest BCUT2D eigenvalue weighted by Gasteiger charge is -2.26. The van der Waals surface area contributed by atoms with Gasteiger partial charge in [0, 0.05) is 19.2 Å². The summed E-state index contributed by atoms with van der Waals surface area (Å²) in [5.41, 5.74) is 1.32. The summed E-state index contributed by atoms with van der Waals surface area (Å²) >= 11 is 0. The Morgan fingerprint density at radius 2 is 1.75 bits per heavy atom. The first kappa shape index (κ1) is 13.2. The van der Waals surface area contributed by atoms with E-state index in [-0.39, 0.29) is 0 Å². The highest BCUT2D eigenvalue weighted by atomic mass is 16.5. The summed E-state index contributed by atoms with van der Waals surface area (Å²) in [4.78, 5) is 0. The summed E-state index contributed by atoms with van der Waals surface area (Å²) in [5.74, 6) is 0.575. The fraction of sp³-hybridized carbons (Fsp3) is 0.571. The molecule has 1 N–H and O–H groups in total. The Balaban J connectivity index is 2.58. The summed E-state index contributed by atoms with van der Waals surface area (Å²) in [7, 11) is 1.75. The number of benzene rings is 1. The molecule has 0 spiro atoms. The fourth-order valence-corrected chi connectivity index (χ4v) is 1.77. The fourth-order valence-electron chi connectivity index (χ4n) is 1.77. The van der Waals surface area contributed by atoms with Crippen molar-refractivity contribution in [3.05, 3.63) is 35.9 Å². The van der Waals surface area contributed by atoms with Gasteiger partial charge in [-0.15, -0.1) is 0 Å². The van der Waals surface area contributed by atoms with E-state index in [1.54, 1.807) is 7.11 Å². The summed E-state index contributed by atoms with van der Waals surface area (Å²) < 4.78 is 5.24. The smallest absolute Gasteiger partial charge is 0.0618 e. The molecule has 1 aromatic rings. The maximum Gasteiger partial charge on any atom is 0.0618 e. The lowest BCUT2D eigenvalue weighted by atomic mass is 10.0. The van der Waals surface area contributed by atoms with Gasteiger partial charge in [0.25, 0.3) is 0 Å². The molecule has 0 heterocycles. The first-order valence-corrected chi connectivity index (χ1v) is 5.95. The highest BCUT2D eigenvalue weighted by molar-refractivity contribution is 5.18.